The highest BCUT2D eigenvalue weighted by molar-refractivity contribution is 5.92. The van der Waals surface area contributed by atoms with Gasteiger partial charge in [0.1, 0.15) is 35.0 Å². The van der Waals surface area contributed by atoms with Crippen LogP contribution in [0.25, 0.3) is 0 Å². The second kappa shape index (κ2) is 19.0. The maximum Gasteiger partial charge on any atom is 0.331 e. The average molecular weight is 949 g/mol. The largest absolute Gasteiger partial charge is 0.453 e. The van der Waals surface area contributed by atoms with Crippen LogP contribution in [-0.2, 0) is 28.7 Å². The van der Waals surface area contributed by atoms with Crippen LogP contribution in [0.4, 0.5) is 11.6 Å². The topological polar surface area (TPSA) is 262 Å². The number of pyridine rings is 2. The van der Waals surface area contributed by atoms with Gasteiger partial charge in [0.2, 0.25) is 11.8 Å². The Balaban J connectivity index is 0.921. The van der Waals surface area contributed by atoms with E-state index >= 15 is 0 Å². The van der Waals surface area contributed by atoms with E-state index in [0.717, 1.165) is 63.5 Å². The minimum Gasteiger partial charge on any atom is -0.453 e. The van der Waals surface area contributed by atoms with Gasteiger partial charge in [-0.3, -0.25) is 19.4 Å². The van der Waals surface area contributed by atoms with Crippen LogP contribution < -0.4 is 21.3 Å². The molecule has 2 aromatic heterocycles. The van der Waals surface area contributed by atoms with Gasteiger partial charge in [-0.25, -0.2) is 19.6 Å². The number of hydrogen-bond donors (Lipinski definition) is 4. The van der Waals surface area contributed by atoms with Gasteiger partial charge in [-0.1, -0.05) is 0 Å². The molecule has 2 saturated heterocycles. The summed E-state index contributed by atoms with van der Waals surface area (Å²) in [6.45, 7) is 1.67. The van der Waals surface area contributed by atoms with Crippen molar-refractivity contribution in [3.05, 3.63) is 59.9 Å². The lowest BCUT2D eigenvalue weighted by Gasteiger charge is -2.66. The van der Waals surface area contributed by atoms with Crippen LogP contribution in [0.1, 0.15) is 101 Å². The van der Waals surface area contributed by atoms with Gasteiger partial charge >= 0.3 is 11.9 Å². The van der Waals surface area contributed by atoms with E-state index in [1.807, 2.05) is 9.80 Å². The Hall–Kier alpha value is -6.60. The fourth-order valence-electron chi connectivity index (χ4n) is 15.0. The van der Waals surface area contributed by atoms with Crippen LogP contribution in [0.2, 0.25) is 0 Å². The molecule has 10 aliphatic rings. The van der Waals surface area contributed by atoms with E-state index in [2.05, 4.69) is 55.5 Å². The molecule has 0 aromatic carbocycles. The first-order chi connectivity index (χ1) is 33.9. The monoisotopic (exact) mass is 948 g/mol. The van der Waals surface area contributed by atoms with Crippen molar-refractivity contribution in [2.75, 3.05) is 49.9 Å². The second-order valence-corrected chi connectivity index (χ2v) is 21.6. The Morgan fingerprint density at radius 2 is 1.01 bits per heavy atom. The van der Waals surface area contributed by atoms with Gasteiger partial charge in [0.05, 0.1) is 59.5 Å². The molecule has 18 heteroatoms. The number of rotatable bonds is 16. The minimum absolute atomic E-state index is 0.0227. The van der Waals surface area contributed by atoms with E-state index in [4.69, 9.17) is 9.47 Å². The Morgan fingerprint density at radius 1 is 0.614 bits per heavy atom. The quantitative estimate of drug-likeness (QED) is 0.136. The van der Waals surface area contributed by atoms with Gasteiger partial charge in [0.15, 0.2) is 0 Å². The summed E-state index contributed by atoms with van der Waals surface area (Å²) in [5.41, 5.74) is -3.64. The molecule has 8 aliphatic carbocycles. The number of nitrogens with zero attached hydrogens (tertiary/aromatic N) is 8. The van der Waals surface area contributed by atoms with Crippen molar-refractivity contribution in [2.24, 2.45) is 35.5 Å². The minimum atomic E-state index is -1.15. The second-order valence-electron chi connectivity index (χ2n) is 21.6. The third kappa shape index (κ3) is 8.71. The fraction of sp³-hybridized carbons (Fsp3) is 0.615. The number of carbonyl (C=O) groups excluding carboxylic acids is 4. The molecule has 70 heavy (non-hydrogen) atoms. The Labute approximate surface area is 408 Å². The van der Waals surface area contributed by atoms with Crippen LogP contribution in [0.5, 0.6) is 0 Å². The summed E-state index contributed by atoms with van der Waals surface area (Å²) in [5, 5.41) is 52.1. The van der Waals surface area contributed by atoms with E-state index < -0.39 is 34.2 Å². The molecule has 18 nitrogen and oxygen atoms in total. The molecule has 2 aromatic rings. The van der Waals surface area contributed by atoms with E-state index in [0.29, 0.717) is 74.4 Å². The summed E-state index contributed by atoms with van der Waals surface area (Å²) < 4.78 is 13.4. The number of nitrogens with one attached hydrogen (secondary N) is 4. The molecule has 12 rings (SSSR count). The number of likely N-dealkylation sites (tertiary alicyclic amines) is 2. The number of anilines is 2. The van der Waals surface area contributed by atoms with Gasteiger partial charge in [0.25, 0.3) is 0 Å². The summed E-state index contributed by atoms with van der Waals surface area (Å²) >= 11 is 0. The Kier molecular flexibility index (Phi) is 12.8. The summed E-state index contributed by atoms with van der Waals surface area (Å²) in [6, 6.07) is 14.9. The van der Waals surface area contributed by atoms with Crippen molar-refractivity contribution in [1.82, 2.24) is 30.4 Å². The lowest BCUT2D eigenvalue weighted by Crippen LogP contribution is -2.79. The van der Waals surface area contributed by atoms with Gasteiger partial charge < -0.3 is 30.7 Å². The van der Waals surface area contributed by atoms with Gasteiger partial charge in [-0.2, -0.15) is 21.0 Å². The van der Waals surface area contributed by atoms with E-state index in [9.17, 15) is 40.2 Å². The smallest absolute Gasteiger partial charge is 0.331 e. The van der Waals surface area contributed by atoms with Crippen molar-refractivity contribution >= 4 is 35.4 Å². The lowest BCUT2D eigenvalue weighted by molar-refractivity contribution is -0.218. The van der Waals surface area contributed by atoms with Crippen LogP contribution in [0, 0.1) is 80.8 Å². The number of hydrogen-bond acceptors (Lipinski definition) is 16. The third-order valence-corrected chi connectivity index (χ3v) is 17.6. The number of aromatic nitrogens is 2. The number of esters is 2. The molecule has 0 radical (unpaired) electrons. The summed E-state index contributed by atoms with van der Waals surface area (Å²) in [4.78, 5) is 70.0. The normalized spacial score (nSPS) is 35.5. The van der Waals surface area contributed by atoms with Gasteiger partial charge in [-0.15, -0.1) is 0 Å². The predicted octanol–water partition coefficient (Wildman–Crippen LogP) is 4.23. The molecule has 8 bridgehead atoms. The Bertz CT molecular complexity index is 2380. The number of amides is 2. The number of nitriles is 4. The van der Waals surface area contributed by atoms with Crippen molar-refractivity contribution in [2.45, 2.75) is 124 Å². The van der Waals surface area contributed by atoms with E-state index in [1.54, 1.807) is 24.3 Å². The molecule has 8 unspecified atom stereocenters. The van der Waals surface area contributed by atoms with E-state index in [-0.39, 0.29) is 85.6 Å². The van der Waals surface area contributed by atoms with Crippen molar-refractivity contribution < 1.29 is 28.7 Å². The zero-order valence-corrected chi connectivity index (χ0v) is 39.4. The molecule has 4 heterocycles. The zero-order chi connectivity index (χ0) is 48.7. The molecule has 364 valence electrons. The van der Waals surface area contributed by atoms with Gasteiger partial charge in [-0.05, 0) is 150 Å². The highest BCUT2D eigenvalue weighted by atomic mass is 16.6. The van der Waals surface area contributed by atoms with E-state index in [1.165, 1.54) is 12.4 Å². The molecule has 2 amide bonds. The maximum absolute atomic E-state index is 14.4. The van der Waals surface area contributed by atoms with Crippen LogP contribution in [0.15, 0.2) is 48.8 Å². The first-order valence-corrected chi connectivity index (χ1v) is 25.1. The summed E-state index contributed by atoms with van der Waals surface area (Å²) in [7, 11) is 0. The highest BCUT2D eigenvalue weighted by Gasteiger charge is 2.70. The third-order valence-electron chi connectivity index (χ3n) is 17.6. The molecular weight excluding hydrogens is 889 g/mol. The van der Waals surface area contributed by atoms with Crippen LogP contribution in [-0.4, -0.2) is 117 Å². The molecular formula is C52H60N12O6. The zero-order valence-electron chi connectivity index (χ0n) is 39.4. The van der Waals surface area contributed by atoms with Crippen molar-refractivity contribution in [3.63, 3.8) is 0 Å². The summed E-state index contributed by atoms with van der Waals surface area (Å²) in [5.74, 6) is -0.0535. The van der Waals surface area contributed by atoms with Crippen molar-refractivity contribution in [1.29, 1.82) is 21.0 Å². The number of carbonyl (C=O) groups is 4. The number of ether oxygens (including phenoxy) is 2. The van der Waals surface area contributed by atoms with Crippen molar-refractivity contribution in [3.8, 4) is 24.3 Å². The van der Waals surface area contributed by atoms with Crippen LogP contribution in [0.3, 0.4) is 0 Å². The molecule has 0 spiro atoms. The first kappa shape index (κ1) is 47.1. The molecule has 10 fully saturated rings. The lowest BCUT2D eigenvalue weighted by atomic mass is 9.46. The predicted molar refractivity (Wildman–Crippen MR) is 251 cm³/mol. The first-order valence-electron chi connectivity index (χ1n) is 25.1. The molecule has 4 N–H and O–H groups in total. The fourth-order valence-corrected chi connectivity index (χ4v) is 15.0. The standard InChI is InChI=1S/C52H60N12O6/c53-23-33-5-7-43(57-27-33)59-31-51(61-45(65)29-63-11-1-3-41(63)25-55)39-15-35-13-36(16-39)20-49(51,19-35)69-47(67)9-10-48(68)70-50-21-37-14-38(22-50)18-40(17-37)52(50,32-60-44-8-6-34(24-54)28-58-44)62-46(66)30-64-12-2-4-42(64)26-56/h5-10,27-28,35-42H,1-4,11-22,29-32H2,(H,57,59)(H,58,60)(H,61,65)(H,62,66)/b10-9+. The average Bonchev–Trinajstić information content (AvgIpc) is 4.00. The maximum atomic E-state index is 14.4. The Morgan fingerprint density at radius 3 is 1.36 bits per heavy atom. The SMILES string of the molecule is N#Cc1ccc(NCC2(NC(=O)CN3CCCC3C#N)C3CC4CC(C3)CC2(OC(=O)/C=C/C(=O)OC23CC5CC(CC(C5)C2(CNc2ccc(C#N)cn2)NC(=O)CN2CCCC2C#N)C3)C4)nc1. The summed E-state index contributed by atoms with van der Waals surface area (Å²) in [6.07, 6.45) is 15.6. The molecule has 8 atom stereocenters. The van der Waals surface area contributed by atoms with Gasteiger partial charge in [0, 0.05) is 50.7 Å². The highest BCUT2D eigenvalue weighted by Crippen LogP contribution is 2.63. The molecule has 8 saturated carbocycles. The molecule has 2 aliphatic heterocycles. The van der Waals surface area contributed by atoms with Crippen LogP contribution >= 0.6 is 0 Å².